The van der Waals surface area contributed by atoms with Crippen LogP contribution >= 0.6 is 11.6 Å². The van der Waals surface area contributed by atoms with Crippen LogP contribution in [0.4, 0.5) is 0 Å². The molecule has 0 aliphatic rings. The van der Waals surface area contributed by atoms with Crippen LogP contribution in [-0.2, 0) is 0 Å². The zero-order valence-electron chi connectivity index (χ0n) is 13.7. The Hall–Kier alpha value is -2.92. The summed E-state index contributed by atoms with van der Waals surface area (Å²) in [5, 5.41) is 5.12. The lowest BCUT2D eigenvalue weighted by atomic mass is 10.1. The summed E-state index contributed by atoms with van der Waals surface area (Å²) in [4.78, 5) is 16.7. The Morgan fingerprint density at radius 3 is 2.68 bits per heavy atom. The lowest BCUT2D eigenvalue weighted by molar-refractivity contribution is 0.383. The largest absolute Gasteiger partial charge is 0.446 e. The highest BCUT2D eigenvalue weighted by Gasteiger charge is 2.19. The number of aromatic nitrogens is 3. The maximum atomic E-state index is 12.3. The number of pyridine rings is 1. The van der Waals surface area contributed by atoms with Gasteiger partial charge in [0, 0.05) is 5.39 Å². The molecule has 0 saturated heterocycles. The van der Waals surface area contributed by atoms with Gasteiger partial charge in [-0.3, -0.25) is 4.52 Å². The van der Waals surface area contributed by atoms with Crippen molar-refractivity contribution in [3.05, 3.63) is 75.4 Å². The zero-order chi connectivity index (χ0) is 17.6. The first-order chi connectivity index (χ1) is 12.0. The molecule has 0 saturated carbocycles. The molecule has 0 unspecified atom stereocenters. The van der Waals surface area contributed by atoms with Gasteiger partial charge in [0.05, 0.1) is 16.8 Å². The zero-order valence-corrected chi connectivity index (χ0v) is 14.4. The smallest absolute Gasteiger partial charge is 0.295 e. The molecule has 2 aromatic heterocycles. The van der Waals surface area contributed by atoms with Crippen LogP contribution in [0.3, 0.4) is 0 Å². The average molecular weight is 352 g/mol. The van der Waals surface area contributed by atoms with Crippen LogP contribution in [-0.4, -0.2) is 14.7 Å². The second-order valence-electron chi connectivity index (χ2n) is 5.92. The maximum absolute atomic E-state index is 12.3. The highest BCUT2D eigenvalue weighted by atomic mass is 35.5. The molecule has 0 spiro atoms. The van der Waals surface area contributed by atoms with E-state index in [0.717, 1.165) is 22.0 Å². The van der Waals surface area contributed by atoms with Crippen molar-refractivity contribution < 1.29 is 4.52 Å². The van der Waals surface area contributed by atoms with Crippen molar-refractivity contribution in [3.63, 3.8) is 0 Å². The van der Waals surface area contributed by atoms with Crippen molar-refractivity contribution in [2.75, 3.05) is 0 Å². The van der Waals surface area contributed by atoms with E-state index in [4.69, 9.17) is 16.1 Å². The molecule has 0 bridgehead atoms. The molecular weight excluding hydrogens is 338 g/mol. The minimum Gasteiger partial charge on any atom is -0.295 e. The van der Waals surface area contributed by atoms with E-state index >= 15 is 0 Å². The fraction of sp³-hybridized carbons (Fsp3) is 0.105. The molecule has 25 heavy (non-hydrogen) atoms. The lowest BCUT2D eigenvalue weighted by Crippen LogP contribution is -2.14. The van der Waals surface area contributed by atoms with E-state index in [9.17, 15) is 4.79 Å². The first kappa shape index (κ1) is 15.6. The summed E-state index contributed by atoms with van der Waals surface area (Å²) in [5.41, 5.74) is 4.08. The molecule has 0 atom stereocenters. The van der Waals surface area contributed by atoms with Crippen LogP contribution in [0.5, 0.6) is 0 Å². The molecule has 2 heterocycles. The van der Waals surface area contributed by atoms with Crippen molar-refractivity contribution in [2.45, 2.75) is 13.8 Å². The van der Waals surface area contributed by atoms with Gasteiger partial charge in [0.1, 0.15) is 5.15 Å². The van der Waals surface area contributed by atoms with Gasteiger partial charge in [-0.15, -0.1) is 0 Å². The van der Waals surface area contributed by atoms with Gasteiger partial charge in [-0.2, -0.15) is 0 Å². The predicted molar refractivity (Wildman–Crippen MR) is 97.3 cm³/mol. The topological polar surface area (TPSA) is 60.9 Å². The quantitative estimate of drug-likeness (QED) is 0.505. The van der Waals surface area contributed by atoms with Crippen molar-refractivity contribution in [1.29, 1.82) is 0 Å². The molecule has 2 aromatic carbocycles. The van der Waals surface area contributed by atoms with Crippen LogP contribution in [0, 0.1) is 13.8 Å². The molecule has 124 valence electrons. The molecule has 6 heteroatoms. The third kappa shape index (κ3) is 2.62. The van der Waals surface area contributed by atoms with E-state index in [-0.39, 0.29) is 5.15 Å². The second-order valence-corrected chi connectivity index (χ2v) is 6.27. The SMILES string of the molecule is Cc1ccc(-n2c(-c3cc4ccccc4nc3Cl)noc2=O)c(C)c1. The molecule has 0 aliphatic heterocycles. The Balaban J connectivity index is 1.99. The van der Waals surface area contributed by atoms with E-state index in [1.54, 1.807) is 0 Å². The Morgan fingerprint density at radius 1 is 1.08 bits per heavy atom. The van der Waals surface area contributed by atoms with Gasteiger partial charge in [0.2, 0.25) is 0 Å². The number of aryl methyl sites for hydroxylation is 2. The van der Waals surface area contributed by atoms with Crippen molar-refractivity contribution in [1.82, 2.24) is 14.7 Å². The highest BCUT2D eigenvalue weighted by molar-refractivity contribution is 6.32. The lowest BCUT2D eigenvalue weighted by Gasteiger charge is -2.10. The molecule has 0 fully saturated rings. The maximum Gasteiger partial charge on any atom is 0.446 e. The van der Waals surface area contributed by atoms with Gasteiger partial charge >= 0.3 is 5.76 Å². The number of hydrogen-bond acceptors (Lipinski definition) is 4. The number of halogens is 1. The van der Waals surface area contributed by atoms with E-state index in [1.165, 1.54) is 4.57 Å². The van der Waals surface area contributed by atoms with Crippen LogP contribution in [0.1, 0.15) is 11.1 Å². The standard InChI is InChI=1S/C19H14ClN3O2/c1-11-7-8-16(12(2)9-11)23-18(22-25-19(23)24)14-10-13-5-3-4-6-15(13)21-17(14)20/h3-10H,1-2H3. The molecule has 4 rings (SSSR count). The minimum absolute atomic E-state index is 0.269. The Morgan fingerprint density at radius 2 is 1.88 bits per heavy atom. The Bertz CT molecular complexity index is 1160. The monoisotopic (exact) mass is 351 g/mol. The van der Waals surface area contributed by atoms with Crippen molar-refractivity contribution in [3.8, 4) is 17.1 Å². The first-order valence-corrected chi connectivity index (χ1v) is 8.14. The fourth-order valence-corrected chi connectivity index (χ4v) is 3.17. The van der Waals surface area contributed by atoms with Crippen LogP contribution < -0.4 is 5.76 Å². The van der Waals surface area contributed by atoms with Gasteiger partial charge in [0.15, 0.2) is 5.82 Å². The van der Waals surface area contributed by atoms with Crippen LogP contribution in [0.15, 0.2) is 57.8 Å². The van der Waals surface area contributed by atoms with Gasteiger partial charge in [-0.25, -0.2) is 14.3 Å². The summed E-state index contributed by atoms with van der Waals surface area (Å²) < 4.78 is 6.35. The highest BCUT2D eigenvalue weighted by Crippen LogP contribution is 2.30. The number of rotatable bonds is 2. The van der Waals surface area contributed by atoms with Crippen LogP contribution in [0.25, 0.3) is 28.0 Å². The Kier molecular flexibility index (Phi) is 3.66. The van der Waals surface area contributed by atoms with E-state index in [2.05, 4.69) is 10.1 Å². The van der Waals surface area contributed by atoms with Gasteiger partial charge in [-0.05, 0) is 37.6 Å². The van der Waals surface area contributed by atoms with Gasteiger partial charge < -0.3 is 0 Å². The first-order valence-electron chi connectivity index (χ1n) is 7.76. The summed E-state index contributed by atoms with van der Waals surface area (Å²) in [6, 6.07) is 15.3. The van der Waals surface area contributed by atoms with E-state index in [0.29, 0.717) is 17.1 Å². The van der Waals surface area contributed by atoms with Gasteiger partial charge in [0.25, 0.3) is 0 Å². The summed E-state index contributed by atoms with van der Waals surface area (Å²) in [6.45, 7) is 3.93. The molecule has 0 amide bonds. The summed E-state index contributed by atoms with van der Waals surface area (Å²) in [6.07, 6.45) is 0. The third-order valence-corrected chi connectivity index (χ3v) is 4.40. The van der Waals surface area contributed by atoms with E-state index < -0.39 is 5.76 Å². The van der Waals surface area contributed by atoms with Crippen LogP contribution in [0.2, 0.25) is 5.15 Å². The predicted octanol–water partition coefficient (Wildman–Crippen LogP) is 4.31. The number of para-hydroxylation sites is 1. The number of fused-ring (bicyclic) bond motifs is 1. The van der Waals surface area contributed by atoms with Gasteiger partial charge in [-0.1, -0.05) is 52.7 Å². The molecule has 5 nitrogen and oxygen atoms in total. The Labute approximate surface area is 148 Å². The number of benzene rings is 2. The average Bonchev–Trinajstić information content (AvgIpc) is 2.95. The fourth-order valence-electron chi connectivity index (χ4n) is 2.94. The molecule has 0 aliphatic carbocycles. The van der Waals surface area contributed by atoms with Crippen molar-refractivity contribution in [2.24, 2.45) is 0 Å². The third-order valence-electron chi connectivity index (χ3n) is 4.12. The molecule has 0 N–H and O–H groups in total. The molecule has 4 aromatic rings. The second kappa shape index (κ2) is 5.86. The minimum atomic E-state index is -0.564. The molecular formula is C19H14ClN3O2. The summed E-state index contributed by atoms with van der Waals surface area (Å²) in [5.74, 6) is -0.230. The summed E-state index contributed by atoms with van der Waals surface area (Å²) in [7, 11) is 0. The molecule has 0 radical (unpaired) electrons. The van der Waals surface area contributed by atoms with Crippen molar-refractivity contribution >= 4 is 22.5 Å². The van der Waals surface area contributed by atoms with E-state index in [1.807, 2.05) is 62.4 Å². The number of nitrogens with zero attached hydrogens (tertiary/aromatic N) is 3. The normalized spacial score (nSPS) is 11.2. The summed E-state index contributed by atoms with van der Waals surface area (Å²) >= 11 is 6.36. The number of hydrogen-bond donors (Lipinski definition) is 0.